The number of nitrogens with zero attached hydrogens (tertiary/aromatic N) is 3. The van der Waals surface area contributed by atoms with E-state index in [-0.39, 0.29) is 5.91 Å². The molecular weight excluding hydrogens is 298 g/mol. The second kappa shape index (κ2) is 5.48. The van der Waals surface area contributed by atoms with Gasteiger partial charge in [-0.15, -0.1) is 11.3 Å². The lowest BCUT2D eigenvalue weighted by molar-refractivity contribution is -0.116. The molecule has 20 heavy (non-hydrogen) atoms. The highest BCUT2D eigenvalue weighted by atomic mass is 35.5. The Bertz CT molecular complexity index is 758. The molecule has 0 aromatic carbocycles. The van der Waals surface area contributed by atoms with E-state index in [1.807, 2.05) is 16.0 Å². The predicted octanol–water partition coefficient (Wildman–Crippen LogP) is 2.10. The van der Waals surface area contributed by atoms with Crippen molar-refractivity contribution in [3.05, 3.63) is 46.5 Å². The van der Waals surface area contributed by atoms with E-state index in [0.717, 1.165) is 10.7 Å². The van der Waals surface area contributed by atoms with Crippen molar-refractivity contribution in [2.24, 2.45) is 0 Å². The number of rotatable bonds is 4. The first-order chi connectivity index (χ1) is 9.74. The summed E-state index contributed by atoms with van der Waals surface area (Å²) in [6.07, 6.45) is 6.58. The van der Waals surface area contributed by atoms with Crippen LogP contribution in [0.3, 0.4) is 0 Å². The summed E-state index contributed by atoms with van der Waals surface area (Å²) in [5.41, 5.74) is 1.54. The molecule has 8 heteroatoms. The quantitative estimate of drug-likeness (QED) is 0.725. The number of carbonyl (C=O) groups is 1. The third-order valence-electron chi connectivity index (χ3n) is 2.66. The molecule has 3 aromatic rings. The van der Waals surface area contributed by atoms with Gasteiger partial charge in [0.25, 0.3) is 0 Å². The number of nitrogens with one attached hydrogen (secondary N) is 2. The Labute approximate surface area is 123 Å². The SMILES string of the molecule is O=C(C=Cc1c(Cl)nc2sccn12)NCc1ccn[nH]1. The fourth-order valence-corrected chi connectivity index (χ4v) is 2.71. The summed E-state index contributed by atoms with van der Waals surface area (Å²) in [6.45, 7) is 0.400. The first kappa shape index (κ1) is 12.9. The van der Waals surface area contributed by atoms with Crippen LogP contribution in [0.1, 0.15) is 11.4 Å². The zero-order chi connectivity index (χ0) is 13.9. The molecule has 0 atom stereocenters. The van der Waals surface area contributed by atoms with Crippen LogP contribution >= 0.6 is 22.9 Å². The van der Waals surface area contributed by atoms with E-state index < -0.39 is 0 Å². The van der Waals surface area contributed by atoms with Crippen molar-refractivity contribution in [3.63, 3.8) is 0 Å². The molecule has 1 amide bonds. The predicted molar refractivity (Wildman–Crippen MR) is 77.5 cm³/mol. The molecule has 0 aliphatic heterocycles. The molecule has 0 saturated heterocycles. The Kier molecular flexibility index (Phi) is 3.53. The molecule has 0 saturated carbocycles. The van der Waals surface area contributed by atoms with Crippen LogP contribution in [0.2, 0.25) is 5.15 Å². The van der Waals surface area contributed by atoms with Gasteiger partial charge in [0, 0.05) is 23.8 Å². The fourth-order valence-electron chi connectivity index (χ4n) is 1.70. The van der Waals surface area contributed by atoms with Gasteiger partial charge in [-0.05, 0) is 12.1 Å². The van der Waals surface area contributed by atoms with Crippen molar-refractivity contribution >= 4 is 39.9 Å². The van der Waals surface area contributed by atoms with Gasteiger partial charge in [0.2, 0.25) is 5.91 Å². The summed E-state index contributed by atoms with van der Waals surface area (Å²) in [5, 5.41) is 11.6. The van der Waals surface area contributed by atoms with E-state index in [0.29, 0.717) is 17.4 Å². The van der Waals surface area contributed by atoms with Crippen LogP contribution in [-0.2, 0) is 11.3 Å². The van der Waals surface area contributed by atoms with Crippen LogP contribution in [0.4, 0.5) is 0 Å². The third kappa shape index (κ3) is 2.59. The Morgan fingerprint density at radius 3 is 3.30 bits per heavy atom. The smallest absolute Gasteiger partial charge is 0.244 e. The minimum Gasteiger partial charge on any atom is -0.347 e. The number of halogens is 1. The van der Waals surface area contributed by atoms with Gasteiger partial charge in [0.05, 0.1) is 17.9 Å². The molecule has 6 nitrogen and oxygen atoms in total. The van der Waals surface area contributed by atoms with Gasteiger partial charge < -0.3 is 5.32 Å². The zero-order valence-electron chi connectivity index (χ0n) is 10.2. The van der Waals surface area contributed by atoms with E-state index in [1.54, 1.807) is 18.3 Å². The zero-order valence-corrected chi connectivity index (χ0v) is 11.8. The normalized spacial score (nSPS) is 11.4. The molecule has 3 rings (SSSR count). The highest BCUT2D eigenvalue weighted by molar-refractivity contribution is 7.15. The summed E-state index contributed by atoms with van der Waals surface area (Å²) in [5.74, 6) is -0.208. The first-order valence-corrected chi connectivity index (χ1v) is 7.05. The lowest BCUT2D eigenvalue weighted by atomic mass is 10.3. The van der Waals surface area contributed by atoms with E-state index >= 15 is 0 Å². The van der Waals surface area contributed by atoms with Gasteiger partial charge in [0.15, 0.2) is 10.1 Å². The number of H-pyrrole nitrogens is 1. The lowest BCUT2D eigenvalue weighted by Crippen LogP contribution is -2.20. The minimum atomic E-state index is -0.208. The monoisotopic (exact) mass is 307 g/mol. The number of hydrogen-bond donors (Lipinski definition) is 2. The molecule has 3 aromatic heterocycles. The molecule has 2 N–H and O–H groups in total. The Morgan fingerprint density at radius 2 is 2.50 bits per heavy atom. The van der Waals surface area contributed by atoms with Gasteiger partial charge >= 0.3 is 0 Å². The number of thiazole rings is 1. The maximum absolute atomic E-state index is 11.7. The van der Waals surface area contributed by atoms with Gasteiger partial charge in [-0.1, -0.05) is 11.6 Å². The second-order valence-corrected chi connectivity index (χ2v) is 5.21. The molecule has 0 aliphatic carbocycles. The minimum absolute atomic E-state index is 0.208. The summed E-state index contributed by atoms with van der Waals surface area (Å²) in [7, 11) is 0. The number of aromatic amines is 1. The molecule has 0 bridgehead atoms. The number of imidazole rings is 1. The van der Waals surface area contributed by atoms with Crippen LogP contribution in [0.25, 0.3) is 11.0 Å². The standard InChI is InChI=1S/C12H10ClN5OS/c13-11-9(18-5-6-20-12(18)16-11)1-2-10(19)14-7-8-3-4-15-17-8/h1-6H,7H2,(H,14,19)(H,15,17). The molecular formula is C12H10ClN5OS. The molecule has 3 heterocycles. The second-order valence-electron chi connectivity index (χ2n) is 3.98. The van der Waals surface area contributed by atoms with Crippen molar-refractivity contribution in [3.8, 4) is 0 Å². The molecule has 0 unspecified atom stereocenters. The van der Waals surface area contributed by atoms with Crippen molar-refractivity contribution in [1.29, 1.82) is 0 Å². The van der Waals surface area contributed by atoms with E-state index in [4.69, 9.17) is 11.6 Å². The largest absolute Gasteiger partial charge is 0.347 e. The van der Waals surface area contributed by atoms with Gasteiger partial charge in [-0.25, -0.2) is 4.98 Å². The van der Waals surface area contributed by atoms with E-state index in [9.17, 15) is 4.79 Å². The Hall–Kier alpha value is -2.12. The first-order valence-electron chi connectivity index (χ1n) is 5.79. The average molecular weight is 308 g/mol. The van der Waals surface area contributed by atoms with Crippen molar-refractivity contribution < 1.29 is 4.79 Å². The van der Waals surface area contributed by atoms with Crippen molar-refractivity contribution in [1.82, 2.24) is 24.9 Å². The van der Waals surface area contributed by atoms with Crippen molar-refractivity contribution in [2.45, 2.75) is 6.54 Å². The Balaban J connectivity index is 1.68. The third-order valence-corrected chi connectivity index (χ3v) is 3.69. The average Bonchev–Trinajstić information content (AvgIpc) is 3.11. The fraction of sp³-hybridized carbons (Fsp3) is 0.0833. The highest BCUT2D eigenvalue weighted by Crippen LogP contribution is 2.22. The summed E-state index contributed by atoms with van der Waals surface area (Å²) in [4.78, 5) is 16.7. The van der Waals surface area contributed by atoms with Crippen LogP contribution in [0, 0.1) is 0 Å². The number of fused-ring (bicyclic) bond motifs is 1. The number of hydrogen-bond acceptors (Lipinski definition) is 4. The molecule has 0 spiro atoms. The lowest BCUT2D eigenvalue weighted by Gasteiger charge is -1.98. The summed E-state index contributed by atoms with van der Waals surface area (Å²) >= 11 is 7.52. The summed E-state index contributed by atoms with van der Waals surface area (Å²) < 4.78 is 1.84. The Morgan fingerprint density at radius 1 is 1.60 bits per heavy atom. The van der Waals surface area contributed by atoms with Crippen molar-refractivity contribution in [2.75, 3.05) is 0 Å². The summed E-state index contributed by atoms with van der Waals surface area (Å²) in [6, 6.07) is 1.80. The van der Waals surface area contributed by atoms with Gasteiger partial charge in [-0.3, -0.25) is 14.3 Å². The van der Waals surface area contributed by atoms with Gasteiger partial charge in [0.1, 0.15) is 0 Å². The maximum atomic E-state index is 11.7. The topological polar surface area (TPSA) is 75.1 Å². The number of aromatic nitrogens is 4. The molecule has 0 radical (unpaired) electrons. The molecule has 0 aliphatic rings. The van der Waals surface area contributed by atoms with Crippen LogP contribution in [0.5, 0.6) is 0 Å². The number of amides is 1. The molecule has 0 fully saturated rings. The highest BCUT2D eigenvalue weighted by Gasteiger charge is 2.08. The van der Waals surface area contributed by atoms with Crippen LogP contribution in [0.15, 0.2) is 29.9 Å². The van der Waals surface area contributed by atoms with E-state index in [2.05, 4.69) is 20.5 Å². The van der Waals surface area contributed by atoms with Crippen LogP contribution in [-0.4, -0.2) is 25.5 Å². The molecule has 102 valence electrons. The number of carbonyl (C=O) groups excluding carboxylic acids is 1. The van der Waals surface area contributed by atoms with E-state index in [1.165, 1.54) is 17.4 Å². The van der Waals surface area contributed by atoms with Crippen LogP contribution < -0.4 is 5.32 Å². The van der Waals surface area contributed by atoms with Gasteiger partial charge in [-0.2, -0.15) is 5.10 Å². The maximum Gasteiger partial charge on any atom is 0.244 e.